The molecule has 1 aromatic heterocycles. The van der Waals surface area contributed by atoms with Crippen molar-refractivity contribution >= 4 is 38.6 Å². The van der Waals surface area contributed by atoms with Gasteiger partial charge in [-0.2, -0.15) is 8.78 Å². The molecule has 108 valence electrons. The van der Waals surface area contributed by atoms with Crippen molar-refractivity contribution in [3.05, 3.63) is 17.0 Å². The molecule has 0 aromatic carbocycles. The van der Waals surface area contributed by atoms with Crippen LogP contribution in [-0.2, 0) is 10.0 Å². The summed E-state index contributed by atoms with van der Waals surface area (Å²) in [7, 11) is -4.30. The van der Waals surface area contributed by atoms with E-state index in [9.17, 15) is 26.0 Å². The van der Waals surface area contributed by atoms with Crippen molar-refractivity contribution in [1.82, 2.24) is 4.72 Å². The summed E-state index contributed by atoms with van der Waals surface area (Å²) in [6.07, 6.45) is -3.95. The average molecular weight is 336 g/mol. The van der Waals surface area contributed by atoms with E-state index in [1.54, 1.807) is 0 Å². The number of nitrogens with one attached hydrogen (secondary N) is 1. The van der Waals surface area contributed by atoms with Gasteiger partial charge in [0.2, 0.25) is 10.0 Å². The van der Waals surface area contributed by atoms with Crippen LogP contribution in [0.2, 0.25) is 0 Å². The lowest BCUT2D eigenvalue weighted by molar-refractivity contribution is -0.122. The maximum atomic E-state index is 12.6. The molecule has 0 aliphatic heterocycles. The first-order valence-electron chi connectivity index (χ1n) is 4.61. The molecule has 0 spiro atoms. The fourth-order valence-electron chi connectivity index (χ4n) is 0.937. The van der Waals surface area contributed by atoms with Crippen LogP contribution in [0.5, 0.6) is 0 Å². The first kappa shape index (κ1) is 16.3. The van der Waals surface area contributed by atoms with Crippen LogP contribution in [0.1, 0.15) is 4.88 Å². The molecule has 19 heavy (non-hydrogen) atoms. The molecular formula is C8H8F4N2O2S3. The topological polar surface area (TPSA) is 72.2 Å². The van der Waals surface area contributed by atoms with Crippen molar-refractivity contribution < 1.29 is 26.0 Å². The highest BCUT2D eigenvalue weighted by atomic mass is 32.2. The minimum absolute atomic E-state index is 0.0515. The zero-order valence-corrected chi connectivity index (χ0v) is 11.5. The van der Waals surface area contributed by atoms with Crippen molar-refractivity contribution in [2.24, 2.45) is 5.73 Å². The van der Waals surface area contributed by atoms with Gasteiger partial charge in [0.15, 0.2) is 0 Å². The van der Waals surface area contributed by atoms with Gasteiger partial charge in [0.1, 0.15) is 9.20 Å². The van der Waals surface area contributed by atoms with E-state index in [4.69, 9.17) is 5.73 Å². The average Bonchev–Trinajstić information content (AvgIpc) is 2.76. The highest BCUT2D eigenvalue weighted by molar-refractivity contribution is 7.91. The molecule has 0 atom stereocenters. The Labute approximate surface area is 115 Å². The predicted octanol–water partition coefficient (Wildman–Crippen LogP) is 1.56. The highest BCUT2D eigenvalue weighted by Crippen LogP contribution is 2.24. The molecule has 1 rings (SSSR count). The van der Waals surface area contributed by atoms with E-state index in [1.807, 2.05) is 0 Å². The SMILES string of the molecule is NC(=S)c1ccc(S(=O)(=O)NCC(F)(F)C(F)F)s1. The molecule has 0 fully saturated rings. The van der Waals surface area contributed by atoms with Crippen molar-refractivity contribution in [2.75, 3.05) is 6.54 Å². The maximum absolute atomic E-state index is 12.6. The fourth-order valence-corrected chi connectivity index (χ4v) is 3.38. The van der Waals surface area contributed by atoms with E-state index in [2.05, 4.69) is 12.2 Å². The van der Waals surface area contributed by atoms with Gasteiger partial charge in [-0.1, -0.05) is 12.2 Å². The second kappa shape index (κ2) is 5.69. The fraction of sp³-hybridized carbons (Fsp3) is 0.375. The van der Waals surface area contributed by atoms with Gasteiger partial charge < -0.3 is 5.73 Å². The number of sulfonamides is 1. The summed E-state index contributed by atoms with van der Waals surface area (Å²) < 4.78 is 73.2. The van der Waals surface area contributed by atoms with Crippen molar-refractivity contribution in [3.63, 3.8) is 0 Å². The number of thiophene rings is 1. The van der Waals surface area contributed by atoms with E-state index in [-0.39, 0.29) is 14.1 Å². The zero-order valence-electron chi connectivity index (χ0n) is 9.07. The van der Waals surface area contributed by atoms with E-state index in [1.165, 1.54) is 10.8 Å². The largest absolute Gasteiger partial charge is 0.389 e. The van der Waals surface area contributed by atoms with E-state index >= 15 is 0 Å². The molecule has 1 heterocycles. The Balaban J connectivity index is 2.84. The number of alkyl halides is 4. The van der Waals surface area contributed by atoms with Crippen LogP contribution in [0.4, 0.5) is 17.6 Å². The summed E-state index contributed by atoms with van der Waals surface area (Å²) in [5.41, 5.74) is 5.26. The van der Waals surface area contributed by atoms with Gasteiger partial charge in [0.25, 0.3) is 0 Å². The molecule has 0 saturated heterocycles. The standard InChI is InChI=1S/C8H8F4N2O2S3/c9-7(10)8(11,12)3-14-19(15,16)5-2-1-4(18-5)6(13)17/h1-2,7,14H,3H2,(H2,13,17). The summed E-state index contributed by atoms with van der Waals surface area (Å²) in [5, 5.41) is 0. The molecule has 0 saturated carbocycles. The normalized spacial score (nSPS) is 12.9. The minimum Gasteiger partial charge on any atom is -0.389 e. The van der Waals surface area contributed by atoms with Crippen LogP contribution < -0.4 is 10.5 Å². The Morgan fingerprint density at radius 1 is 1.47 bits per heavy atom. The van der Waals surface area contributed by atoms with Crippen LogP contribution in [0, 0.1) is 0 Å². The highest BCUT2D eigenvalue weighted by Gasteiger charge is 2.41. The van der Waals surface area contributed by atoms with Gasteiger partial charge >= 0.3 is 12.3 Å². The van der Waals surface area contributed by atoms with Crippen LogP contribution in [0.25, 0.3) is 0 Å². The molecule has 0 unspecified atom stereocenters. The molecule has 3 N–H and O–H groups in total. The lowest BCUT2D eigenvalue weighted by Crippen LogP contribution is -2.41. The smallest absolute Gasteiger partial charge is 0.320 e. The lowest BCUT2D eigenvalue weighted by atomic mass is 10.4. The molecule has 0 bridgehead atoms. The van der Waals surface area contributed by atoms with Crippen molar-refractivity contribution in [3.8, 4) is 0 Å². The number of hydrogen-bond acceptors (Lipinski definition) is 4. The number of hydrogen-bond donors (Lipinski definition) is 2. The predicted molar refractivity (Wildman–Crippen MR) is 66.3 cm³/mol. The number of nitrogens with two attached hydrogens (primary N) is 1. The van der Waals surface area contributed by atoms with E-state index < -0.39 is 28.9 Å². The molecule has 0 aliphatic rings. The monoisotopic (exact) mass is 336 g/mol. The third-order valence-corrected chi connectivity index (χ3v) is 5.27. The summed E-state index contributed by atoms with van der Waals surface area (Å²) >= 11 is 5.27. The number of thiocarbonyl (C=S) groups is 1. The Morgan fingerprint density at radius 3 is 2.47 bits per heavy atom. The summed E-state index contributed by atoms with van der Waals surface area (Å²) in [5.74, 6) is -4.43. The van der Waals surface area contributed by atoms with Gasteiger partial charge in [0, 0.05) is 0 Å². The molecular weight excluding hydrogens is 328 g/mol. The molecule has 0 aliphatic carbocycles. The maximum Gasteiger partial charge on any atom is 0.320 e. The molecule has 1 aromatic rings. The van der Waals surface area contributed by atoms with Crippen LogP contribution in [0.3, 0.4) is 0 Å². The molecule has 11 heteroatoms. The Kier molecular flexibility index (Phi) is 4.87. The van der Waals surface area contributed by atoms with E-state index in [0.29, 0.717) is 11.3 Å². The van der Waals surface area contributed by atoms with E-state index in [0.717, 1.165) is 6.07 Å². The molecule has 0 amide bonds. The Bertz CT molecular complexity index is 570. The Morgan fingerprint density at radius 2 is 2.05 bits per heavy atom. The van der Waals surface area contributed by atoms with Crippen LogP contribution in [-0.4, -0.2) is 32.3 Å². The number of halogens is 4. The molecule has 4 nitrogen and oxygen atoms in total. The summed E-state index contributed by atoms with van der Waals surface area (Å²) in [6, 6.07) is 2.40. The molecule has 0 radical (unpaired) electrons. The van der Waals surface area contributed by atoms with Gasteiger partial charge in [0.05, 0.1) is 11.4 Å². The van der Waals surface area contributed by atoms with Gasteiger partial charge in [-0.25, -0.2) is 21.9 Å². The summed E-state index contributed by atoms with van der Waals surface area (Å²) in [6.45, 7) is -1.69. The first-order chi connectivity index (χ1) is 8.56. The third-order valence-electron chi connectivity index (χ3n) is 1.91. The van der Waals surface area contributed by atoms with Crippen molar-refractivity contribution in [1.29, 1.82) is 0 Å². The van der Waals surface area contributed by atoms with Crippen LogP contribution >= 0.6 is 23.6 Å². The minimum atomic E-state index is -4.43. The quantitative estimate of drug-likeness (QED) is 0.611. The lowest BCUT2D eigenvalue weighted by Gasteiger charge is -2.15. The van der Waals surface area contributed by atoms with Crippen LogP contribution in [0.15, 0.2) is 16.3 Å². The van der Waals surface area contributed by atoms with Gasteiger partial charge in [-0.3, -0.25) is 0 Å². The van der Waals surface area contributed by atoms with Gasteiger partial charge in [-0.05, 0) is 12.1 Å². The summed E-state index contributed by atoms with van der Waals surface area (Å²) in [4.78, 5) is 0.223. The van der Waals surface area contributed by atoms with Gasteiger partial charge in [-0.15, -0.1) is 11.3 Å². The second-order valence-corrected chi connectivity index (χ2v) is 6.89. The second-order valence-electron chi connectivity index (χ2n) is 3.37. The third kappa shape index (κ3) is 4.09. The Hall–Kier alpha value is -0.780. The number of rotatable bonds is 6. The van der Waals surface area contributed by atoms with Crippen molar-refractivity contribution in [2.45, 2.75) is 16.6 Å². The first-order valence-corrected chi connectivity index (χ1v) is 7.32. The zero-order chi connectivity index (χ0) is 14.8.